The average molecular weight is 1020 g/mol. The van der Waals surface area contributed by atoms with Crippen LogP contribution in [0.3, 0.4) is 0 Å². The molecule has 2 saturated heterocycles. The maximum atomic E-state index is 14.2. The Balaban J connectivity index is 1.97. The second kappa shape index (κ2) is 31.7. The lowest BCUT2D eigenvalue weighted by Crippen LogP contribution is -2.60. The molecule has 3 aliphatic heterocycles. The minimum Gasteiger partial charge on any atom is -0.467 e. The van der Waals surface area contributed by atoms with Crippen LogP contribution in [0.4, 0.5) is 0 Å². The number of rotatable bonds is 7. The maximum Gasteiger partial charge on any atom is 0.328 e. The van der Waals surface area contributed by atoms with E-state index in [0.717, 1.165) is 0 Å². The van der Waals surface area contributed by atoms with Gasteiger partial charge in [-0.15, -0.1) is 0 Å². The highest BCUT2D eigenvalue weighted by molar-refractivity contribution is 5.86. The first-order valence-corrected chi connectivity index (χ1v) is 24.9. The lowest BCUT2D eigenvalue weighted by molar-refractivity contribution is -0.304. The molecule has 0 aromatic rings. The van der Waals surface area contributed by atoms with E-state index in [2.05, 4.69) is 5.32 Å². The minimum atomic E-state index is -2.36. The van der Waals surface area contributed by atoms with Gasteiger partial charge in [0.2, 0.25) is 5.91 Å². The normalized spacial score (nSPS) is 40.9. The Kier molecular flexibility index (Phi) is 27.4. The number of nitrogens with one attached hydrogen (secondary N) is 1. The summed E-state index contributed by atoms with van der Waals surface area (Å²) in [5.41, 5.74) is 6.03. The number of nitrogens with two attached hydrogens (primary N) is 1. The molecule has 0 aliphatic carbocycles. The predicted molar refractivity (Wildman–Crippen MR) is 264 cm³/mol. The predicted octanol–water partition coefficient (Wildman–Crippen LogP) is 0.697. The number of aliphatic hydroxyl groups excluding tert-OH is 9. The number of ether oxygens (including phenoxy) is 5. The number of fused-ring (bicyclic) bond motifs is 2. The smallest absolute Gasteiger partial charge is 0.328 e. The van der Waals surface area contributed by atoms with E-state index in [1.165, 1.54) is 7.11 Å². The molecule has 20 heteroatoms. The van der Waals surface area contributed by atoms with E-state index in [9.17, 15) is 65.4 Å². The number of aliphatic hydroxyl groups is 10. The van der Waals surface area contributed by atoms with E-state index >= 15 is 0 Å². The molecule has 0 radical (unpaired) electrons. The van der Waals surface area contributed by atoms with Gasteiger partial charge in [-0.05, 0) is 32.1 Å². The summed E-state index contributed by atoms with van der Waals surface area (Å²) in [5, 5.41) is 112. The molecule has 3 aliphatic rings. The van der Waals surface area contributed by atoms with Crippen molar-refractivity contribution in [1.29, 1.82) is 0 Å². The third-order valence-corrected chi connectivity index (χ3v) is 13.0. The molecule has 1 amide bonds. The number of amides is 1. The number of esters is 2. The van der Waals surface area contributed by atoms with Crippen LogP contribution in [0, 0.1) is 17.8 Å². The van der Waals surface area contributed by atoms with Gasteiger partial charge in [-0.3, -0.25) is 9.59 Å². The van der Waals surface area contributed by atoms with Crippen LogP contribution in [0.1, 0.15) is 91.9 Å². The topological polar surface area (TPSA) is 338 Å². The molecule has 13 N–H and O–H groups in total. The zero-order chi connectivity index (χ0) is 53.5. The third kappa shape index (κ3) is 21.5. The van der Waals surface area contributed by atoms with Crippen molar-refractivity contribution in [2.24, 2.45) is 23.5 Å². The number of hydrogen-bond acceptors (Lipinski definition) is 19. The Bertz CT molecular complexity index is 1860. The Morgan fingerprint density at radius 2 is 1.35 bits per heavy atom. The Labute approximate surface area is 422 Å². The summed E-state index contributed by atoms with van der Waals surface area (Å²) in [6.45, 7) is 6.70. The molecule has 408 valence electrons. The molecule has 0 saturated carbocycles. The molecule has 0 aromatic heterocycles. The van der Waals surface area contributed by atoms with Gasteiger partial charge in [0.25, 0.3) is 0 Å². The van der Waals surface area contributed by atoms with Crippen molar-refractivity contribution < 1.29 is 89.1 Å². The number of carbonyl (C=O) groups is 3. The molecule has 9 unspecified atom stereocenters. The molecule has 2 fully saturated rings. The molecule has 0 aromatic carbocycles. The van der Waals surface area contributed by atoms with Crippen molar-refractivity contribution in [3.63, 3.8) is 0 Å². The summed E-state index contributed by atoms with van der Waals surface area (Å²) in [7, 11) is 1.17. The Morgan fingerprint density at radius 1 is 0.750 bits per heavy atom. The van der Waals surface area contributed by atoms with Gasteiger partial charge < -0.3 is 85.8 Å². The standard InChI is InChI=1S/C52H82N2O18/c1-6-31(2)47(50(66)68-5)54-49(65)45-41(61)29-52(67)28-36(57)25-40(60)38(58)22-21-34(55)24-35(56)26-44(63)70-33(4)23-39(59)32(3)19-17-15-13-11-9-7-8-10-12-14-16-18-20-37(27-43(45)72-52)71-51-48(64)46(53)42(62)30-69-51/h7-20,31-43,45-48,51,55-62,64,67H,6,21-30,53H2,1-5H3,(H,54,65)/b8-7+,11-9+,12-10+,15-13+,16-14+,19-17+,20-18+/t31-,32-,33-,34?,35?,36?,37?,38?,39-,40?,41-,42+,43-,45?,46-,47?,48-,51-,52?/m0/s1. The van der Waals surface area contributed by atoms with Gasteiger partial charge >= 0.3 is 11.9 Å². The summed E-state index contributed by atoms with van der Waals surface area (Å²) in [5.74, 6) is -6.79. The summed E-state index contributed by atoms with van der Waals surface area (Å²) >= 11 is 0. The monoisotopic (exact) mass is 1020 g/mol. The number of methoxy groups -OCH3 is 1. The molecule has 0 spiro atoms. The van der Waals surface area contributed by atoms with Gasteiger partial charge in [0.1, 0.15) is 18.2 Å². The molecule has 72 heavy (non-hydrogen) atoms. The highest BCUT2D eigenvalue weighted by Crippen LogP contribution is 2.38. The van der Waals surface area contributed by atoms with Crippen molar-refractivity contribution in [3.05, 3.63) is 85.1 Å². The van der Waals surface area contributed by atoms with Gasteiger partial charge in [-0.1, -0.05) is 112 Å². The highest BCUT2D eigenvalue weighted by atomic mass is 16.7. The van der Waals surface area contributed by atoms with Gasteiger partial charge in [0, 0.05) is 38.0 Å². The highest BCUT2D eigenvalue weighted by Gasteiger charge is 2.51. The SMILES string of the molecule is CC[C@H](C)C(NC(=O)C1[C@@H]2CC(O[C@@H]3OC[C@@H](O)[C@H](N)[C@@H]3O)/C=C/C=C/C=C/C=C/C=C/C=C/C=C/[C@H](C)[C@@H](O)C[C@H](C)OC(=O)CC(O)CC(O)CCC(O)C(O)CC(O)CC(O)(C[C@@H]1O)O2)C(=O)OC. The number of cyclic esters (lactones) is 1. The van der Waals surface area contributed by atoms with Crippen LogP contribution in [-0.4, -0.2) is 180 Å². The molecule has 19 atom stereocenters. The van der Waals surface area contributed by atoms with Crippen molar-refractivity contribution in [3.8, 4) is 0 Å². The summed E-state index contributed by atoms with van der Waals surface area (Å²) in [6.07, 6.45) is 4.94. The van der Waals surface area contributed by atoms with E-state index in [0.29, 0.717) is 6.42 Å². The van der Waals surface area contributed by atoms with Gasteiger partial charge in [0.05, 0.1) is 93.1 Å². The Morgan fingerprint density at radius 3 is 1.94 bits per heavy atom. The first kappa shape index (κ1) is 62.3. The second-order valence-electron chi connectivity index (χ2n) is 19.3. The van der Waals surface area contributed by atoms with Crippen LogP contribution in [-0.2, 0) is 38.1 Å². The summed E-state index contributed by atoms with van der Waals surface area (Å²) in [6, 6.07) is -2.28. The number of hydrogen-bond donors (Lipinski definition) is 12. The molecule has 2 bridgehead atoms. The van der Waals surface area contributed by atoms with E-state index in [4.69, 9.17) is 29.4 Å². The van der Waals surface area contributed by atoms with Crippen LogP contribution < -0.4 is 11.1 Å². The van der Waals surface area contributed by atoms with Crippen molar-refractivity contribution in [1.82, 2.24) is 5.32 Å². The molecule has 3 heterocycles. The first-order chi connectivity index (χ1) is 34.1. The number of allylic oxidation sites excluding steroid dienone is 12. The third-order valence-electron chi connectivity index (χ3n) is 13.0. The number of carbonyl (C=O) groups excluding carboxylic acids is 3. The zero-order valence-corrected chi connectivity index (χ0v) is 42.1. The van der Waals surface area contributed by atoms with E-state index in [-0.39, 0.29) is 44.6 Å². The Hall–Kier alpha value is -3.97. The molecular formula is C52H82N2O18. The average Bonchev–Trinajstić information content (AvgIpc) is 3.30. The summed E-state index contributed by atoms with van der Waals surface area (Å²) < 4.78 is 28.3. The van der Waals surface area contributed by atoms with Crippen LogP contribution in [0.5, 0.6) is 0 Å². The van der Waals surface area contributed by atoms with E-state index in [1.54, 1.807) is 86.8 Å². The summed E-state index contributed by atoms with van der Waals surface area (Å²) in [4.78, 5) is 39.6. The van der Waals surface area contributed by atoms with Crippen LogP contribution in [0.15, 0.2) is 85.1 Å². The van der Waals surface area contributed by atoms with E-state index in [1.807, 2.05) is 26.0 Å². The first-order valence-electron chi connectivity index (χ1n) is 24.9. The fraction of sp³-hybridized carbons (Fsp3) is 0.673. The second-order valence-corrected chi connectivity index (χ2v) is 19.3. The fourth-order valence-electron chi connectivity index (χ4n) is 8.56. The van der Waals surface area contributed by atoms with Crippen LogP contribution in [0.25, 0.3) is 0 Å². The lowest BCUT2D eigenvalue weighted by atomic mass is 9.81. The van der Waals surface area contributed by atoms with Crippen molar-refractivity contribution in [2.75, 3.05) is 13.7 Å². The van der Waals surface area contributed by atoms with Crippen LogP contribution >= 0.6 is 0 Å². The van der Waals surface area contributed by atoms with E-state index < -0.39 is 153 Å². The van der Waals surface area contributed by atoms with Crippen molar-refractivity contribution in [2.45, 2.75) is 189 Å². The van der Waals surface area contributed by atoms with Crippen LogP contribution in [0.2, 0.25) is 0 Å². The largest absolute Gasteiger partial charge is 0.467 e. The van der Waals surface area contributed by atoms with Gasteiger partial charge in [-0.2, -0.15) is 0 Å². The minimum absolute atomic E-state index is 0.116. The quantitative estimate of drug-likeness (QED) is 0.156. The molecule has 3 rings (SSSR count). The van der Waals surface area contributed by atoms with Crippen molar-refractivity contribution >= 4 is 17.8 Å². The molecular weight excluding hydrogens is 941 g/mol. The zero-order valence-electron chi connectivity index (χ0n) is 42.1. The lowest BCUT2D eigenvalue weighted by Gasteiger charge is -2.46. The maximum absolute atomic E-state index is 14.2. The fourth-order valence-corrected chi connectivity index (χ4v) is 8.56. The van der Waals surface area contributed by atoms with Gasteiger partial charge in [-0.25, -0.2) is 4.79 Å². The molecule has 20 nitrogen and oxygen atoms in total. The van der Waals surface area contributed by atoms with Gasteiger partial charge in [0.15, 0.2) is 12.1 Å².